The van der Waals surface area contributed by atoms with E-state index in [0.29, 0.717) is 6.54 Å². The summed E-state index contributed by atoms with van der Waals surface area (Å²) in [6.45, 7) is 0.628. The standard InChI is InChI=1S/C16H21N3O/c20-15(17-12-13-4-2-1-3-5-13)14-6-8-16(9-7-14)10-11-18-19-16/h1-5,11,14,19H,6-10,12H2,(H,17,20). The minimum atomic E-state index is 0.149. The monoisotopic (exact) mass is 271 g/mol. The van der Waals surface area contributed by atoms with Crippen LogP contribution in [0, 0.1) is 5.92 Å². The molecular weight excluding hydrogens is 250 g/mol. The first-order chi connectivity index (χ1) is 9.77. The number of benzene rings is 1. The van der Waals surface area contributed by atoms with Gasteiger partial charge in [0.1, 0.15) is 0 Å². The summed E-state index contributed by atoms with van der Waals surface area (Å²) >= 11 is 0. The SMILES string of the molecule is O=C(NCc1ccccc1)C1CCC2(CC=NN2)CC1. The number of amides is 1. The number of hydrazone groups is 1. The molecule has 2 aliphatic rings. The Hall–Kier alpha value is -1.84. The molecule has 0 radical (unpaired) electrons. The smallest absolute Gasteiger partial charge is 0.223 e. The molecule has 1 aromatic rings. The van der Waals surface area contributed by atoms with E-state index in [-0.39, 0.29) is 17.4 Å². The number of carbonyl (C=O) groups excluding carboxylic acids is 1. The Morgan fingerprint density at radius 3 is 2.70 bits per heavy atom. The molecule has 0 aromatic heterocycles. The van der Waals surface area contributed by atoms with Crippen molar-refractivity contribution in [3.63, 3.8) is 0 Å². The average molecular weight is 271 g/mol. The average Bonchev–Trinajstić information content (AvgIpc) is 2.95. The molecule has 0 saturated heterocycles. The lowest BCUT2D eigenvalue weighted by atomic mass is 9.75. The van der Waals surface area contributed by atoms with Gasteiger partial charge in [0, 0.05) is 25.1 Å². The molecule has 1 spiro atoms. The lowest BCUT2D eigenvalue weighted by molar-refractivity contribution is -0.126. The first-order valence-electron chi connectivity index (χ1n) is 7.38. The van der Waals surface area contributed by atoms with E-state index in [1.165, 1.54) is 0 Å². The molecule has 1 heterocycles. The normalized spacial score (nSPS) is 28.3. The third kappa shape index (κ3) is 2.84. The zero-order valence-corrected chi connectivity index (χ0v) is 11.6. The minimum absolute atomic E-state index is 0.149. The fraction of sp³-hybridized carbons (Fsp3) is 0.500. The molecular formula is C16H21N3O. The van der Waals surface area contributed by atoms with Crippen LogP contribution in [0.4, 0.5) is 0 Å². The van der Waals surface area contributed by atoms with Crippen LogP contribution in [0.25, 0.3) is 0 Å². The Balaban J connectivity index is 1.47. The second-order valence-corrected chi connectivity index (χ2v) is 5.89. The van der Waals surface area contributed by atoms with Crippen LogP contribution < -0.4 is 10.7 Å². The summed E-state index contributed by atoms with van der Waals surface area (Å²) in [6.07, 6.45) is 6.95. The highest BCUT2D eigenvalue weighted by molar-refractivity contribution is 5.78. The van der Waals surface area contributed by atoms with Gasteiger partial charge >= 0.3 is 0 Å². The third-order valence-corrected chi connectivity index (χ3v) is 4.50. The Morgan fingerprint density at radius 2 is 2.05 bits per heavy atom. The van der Waals surface area contributed by atoms with E-state index >= 15 is 0 Å². The lowest BCUT2D eigenvalue weighted by Gasteiger charge is -2.36. The highest BCUT2D eigenvalue weighted by atomic mass is 16.1. The lowest BCUT2D eigenvalue weighted by Crippen LogP contribution is -2.45. The number of rotatable bonds is 3. The summed E-state index contributed by atoms with van der Waals surface area (Å²) in [6, 6.07) is 10.1. The van der Waals surface area contributed by atoms with Crippen LogP contribution in [0.1, 0.15) is 37.7 Å². The summed E-state index contributed by atoms with van der Waals surface area (Å²) in [5.41, 5.74) is 4.53. The molecule has 0 atom stereocenters. The number of hydrogen-bond acceptors (Lipinski definition) is 3. The van der Waals surface area contributed by atoms with Gasteiger partial charge in [-0.05, 0) is 31.2 Å². The summed E-state index contributed by atoms with van der Waals surface area (Å²) in [5, 5.41) is 7.19. The molecule has 1 fully saturated rings. The van der Waals surface area contributed by atoms with Gasteiger partial charge in [0.15, 0.2) is 0 Å². The highest BCUT2D eigenvalue weighted by Crippen LogP contribution is 2.35. The van der Waals surface area contributed by atoms with Gasteiger partial charge in [-0.1, -0.05) is 30.3 Å². The fourth-order valence-corrected chi connectivity index (χ4v) is 3.13. The maximum absolute atomic E-state index is 12.2. The molecule has 1 aliphatic carbocycles. The van der Waals surface area contributed by atoms with Crippen LogP contribution in [-0.2, 0) is 11.3 Å². The van der Waals surface area contributed by atoms with Crippen molar-refractivity contribution >= 4 is 12.1 Å². The predicted octanol–water partition coefficient (Wildman–Crippen LogP) is 2.21. The molecule has 2 N–H and O–H groups in total. The number of nitrogens with zero attached hydrogens (tertiary/aromatic N) is 1. The van der Waals surface area contributed by atoms with E-state index in [1.54, 1.807) is 0 Å². The molecule has 20 heavy (non-hydrogen) atoms. The molecule has 4 heteroatoms. The van der Waals surface area contributed by atoms with Crippen molar-refractivity contribution in [3.8, 4) is 0 Å². The zero-order valence-electron chi connectivity index (χ0n) is 11.6. The molecule has 1 saturated carbocycles. The first-order valence-corrected chi connectivity index (χ1v) is 7.38. The number of hydrogen-bond donors (Lipinski definition) is 2. The van der Waals surface area contributed by atoms with Crippen LogP contribution in [-0.4, -0.2) is 17.7 Å². The largest absolute Gasteiger partial charge is 0.352 e. The Bertz CT molecular complexity index is 480. The summed E-state index contributed by atoms with van der Waals surface area (Å²) in [4.78, 5) is 12.2. The van der Waals surface area contributed by atoms with E-state index in [2.05, 4.69) is 15.8 Å². The Kier molecular flexibility index (Phi) is 3.72. The summed E-state index contributed by atoms with van der Waals surface area (Å²) in [5.74, 6) is 0.356. The molecule has 3 rings (SSSR count). The van der Waals surface area contributed by atoms with E-state index in [9.17, 15) is 4.79 Å². The number of nitrogens with one attached hydrogen (secondary N) is 2. The fourth-order valence-electron chi connectivity index (χ4n) is 3.13. The van der Waals surface area contributed by atoms with Crippen molar-refractivity contribution in [1.29, 1.82) is 0 Å². The van der Waals surface area contributed by atoms with Gasteiger partial charge in [-0.2, -0.15) is 5.10 Å². The summed E-state index contributed by atoms with van der Waals surface area (Å²) in [7, 11) is 0. The van der Waals surface area contributed by atoms with Gasteiger partial charge < -0.3 is 10.7 Å². The second kappa shape index (κ2) is 5.65. The van der Waals surface area contributed by atoms with E-state index < -0.39 is 0 Å². The van der Waals surface area contributed by atoms with Gasteiger partial charge in [-0.3, -0.25) is 4.79 Å². The van der Waals surface area contributed by atoms with Crippen molar-refractivity contribution in [2.45, 2.75) is 44.2 Å². The Morgan fingerprint density at radius 1 is 1.30 bits per heavy atom. The highest BCUT2D eigenvalue weighted by Gasteiger charge is 2.38. The maximum Gasteiger partial charge on any atom is 0.223 e. The van der Waals surface area contributed by atoms with Crippen molar-refractivity contribution in [2.24, 2.45) is 11.0 Å². The van der Waals surface area contributed by atoms with E-state index in [0.717, 1.165) is 37.7 Å². The quantitative estimate of drug-likeness (QED) is 0.885. The van der Waals surface area contributed by atoms with Crippen LogP contribution in [0.3, 0.4) is 0 Å². The van der Waals surface area contributed by atoms with Gasteiger partial charge in [-0.25, -0.2) is 0 Å². The molecule has 0 unspecified atom stereocenters. The van der Waals surface area contributed by atoms with Crippen LogP contribution >= 0.6 is 0 Å². The predicted molar refractivity (Wildman–Crippen MR) is 79.2 cm³/mol. The topological polar surface area (TPSA) is 53.5 Å². The number of carbonyl (C=O) groups is 1. The van der Waals surface area contributed by atoms with Crippen LogP contribution in [0.5, 0.6) is 0 Å². The van der Waals surface area contributed by atoms with Crippen LogP contribution in [0.2, 0.25) is 0 Å². The van der Waals surface area contributed by atoms with E-state index in [4.69, 9.17) is 0 Å². The van der Waals surface area contributed by atoms with Crippen molar-refractivity contribution in [3.05, 3.63) is 35.9 Å². The molecule has 1 aromatic carbocycles. The van der Waals surface area contributed by atoms with Gasteiger partial charge in [-0.15, -0.1) is 0 Å². The van der Waals surface area contributed by atoms with Gasteiger partial charge in [0.2, 0.25) is 5.91 Å². The van der Waals surface area contributed by atoms with Crippen LogP contribution in [0.15, 0.2) is 35.4 Å². The molecule has 1 amide bonds. The molecule has 4 nitrogen and oxygen atoms in total. The van der Waals surface area contributed by atoms with Gasteiger partial charge in [0.25, 0.3) is 0 Å². The third-order valence-electron chi connectivity index (χ3n) is 4.50. The van der Waals surface area contributed by atoms with Crippen molar-refractivity contribution < 1.29 is 4.79 Å². The molecule has 106 valence electrons. The Labute approximate surface area is 119 Å². The molecule has 1 aliphatic heterocycles. The maximum atomic E-state index is 12.2. The first kappa shape index (κ1) is 13.2. The van der Waals surface area contributed by atoms with E-state index in [1.807, 2.05) is 36.5 Å². The minimum Gasteiger partial charge on any atom is -0.352 e. The molecule has 0 bridgehead atoms. The zero-order chi connectivity index (χ0) is 13.8. The van der Waals surface area contributed by atoms with Crippen molar-refractivity contribution in [2.75, 3.05) is 0 Å². The van der Waals surface area contributed by atoms with Gasteiger partial charge in [0.05, 0.1) is 5.54 Å². The summed E-state index contributed by atoms with van der Waals surface area (Å²) < 4.78 is 0. The second-order valence-electron chi connectivity index (χ2n) is 5.89. The van der Waals surface area contributed by atoms with Crippen molar-refractivity contribution in [1.82, 2.24) is 10.7 Å².